The molecule has 0 N–H and O–H groups in total. The molecule has 2 fully saturated rings. The summed E-state index contributed by atoms with van der Waals surface area (Å²) < 4.78 is 6.31. The van der Waals surface area contributed by atoms with Gasteiger partial charge >= 0.3 is 0 Å². The van der Waals surface area contributed by atoms with Crippen molar-refractivity contribution >= 4 is 11.8 Å². The van der Waals surface area contributed by atoms with Crippen LogP contribution < -0.4 is 0 Å². The molecule has 0 saturated carbocycles. The number of pyridine rings is 1. The van der Waals surface area contributed by atoms with Crippen LogP contribution in [0.2, 0.25) is 0 Å². The highest BCUT2D eigenvalue weighted by Gasteiger charge is 2.58. The van der Waals surface area contributed by atoms with E-state index in [1.54, 1.807) is 17.3 Å². The molecule has 0 radical (unpaired) electrons. The van der Waals surface area contributed by atoms with Crippen LogP contribution in [0.1, 0.15) is 38.8 Å². The lowest BCUT2D eigenvalue weighted by Crippen LogP contribution is -2.59. The molecule has 174 valence electrons. The van der Waals surface area contributed by atoms with Crippen molar-refractivity contribution < 1.29 is 14.3 Å². The van der Waals surface area contributed by atoms with Crippen LogP contribution in [-0.2, 0) is 16.1 Å². The Balaban J connectivity index is 1.49. The summed E-state index contributed by atoms with van der Waals surface area (Å²) >= 11 is 0. The normalized spacial score (nSPS) is 22.4. The van der Waals surface area contributed by atoms with E-state index in [1.165, 1.54) is 6.33 Å². The largest absolute Gasteiger partial charge is 0.361 e. The summed E-state index contributed by atoms with van der Waals surface area (Å²) in [6, 6.07) is 13.8. The second-order valence-electron chi connectivity index (χ2n) is 8.91. The predicted molar refractivity (Wildman–Crippen MR) is 125 cm³/mol. The van der Waals surface area contributed by atoms with Crippen molar-refractivity contribution in [2.24, 2.45) is 0 Å². The van der Waals surface area contributed by atoms with Crippen molar-refractivity contribution in [2.45, 2.75) is 31.9 Å². The van der Waals surface area contributed by atoms with Gasteiger partial charge in [0.05, 0.1) is 13.2 Å². The molecule has 2 aromatic heterocycles. The van der Waals surface area contributed by atoms with Crippen LogP contribution >= 0.6 is 0 Å². The maximum absolute atomic E-state index is 13.9. The number of likely N-dealkylation sites (tertiary alicyclic amines) is 1. The number of benzene rings is 1. The minimum Gasteiger partial charge on any atom is -0.361 e. The third-order valence-electron chi connectivity index (χ3n) is 6.89. The molecule has 5 rings (SSSR count). The Morgan fingerprint density at radius 2 is 1.97 bits per heavy atom. The fourth-order valence-electron chi connectivity index (χ4n) is 4.94. The van der Waals surface area contributed by atoms with Gasteiger partial charge in [0, 0.05) is 49.2 Å². The van der Waals surface area contributed by atoms with Gasteiger partial charge in [0.25, 0.3) is 11.8 Å². The fraction of sp³-hybridized carbons (Fsp3) is 0.346. The zero-order valence-corrected chi connectivity index (χ0v) is 19.3. The van der Waals surface area contributed by atoms with Crippen LogP contribution in [0.15, 0.2) is 61.2 Å². The molecule has 0 bridgehead atoms. The zero-order valence-electron chi connectivity index (χ0n) is 19.3. The lowest BCUT2D eigenvalue weighted by Gasteiger charge is -2.42. The van der Waals surface area contributed by atoms with Gasteiger partial charge in [-0.25, -0.2) is 9.97 Å². The fourth-order valence-corrected chi connectivity index (χ4v) is 4.94. The third-order valence-corrected chi connectivity index (χ3v) is 6.89. The van der Waals surface area contributed by atoms with Crippen LogP contribution in [-0.4, -0.2) is 68.4 Å². The summed E-state index contributed by atoms with van der Waals surface area (Å²) in [5, 5.41) is 0. The van der Waals surface area contributed by atoms with Crippen molar-refractivity contribution in [2.75, 3.05) is 26.2 Å². The Kier molecular flexibility index (Phi) is 5.83. The minimum atomic E-state index is -1.15. The van der Waals surface area contributed by atoms with Crippen molar-refractivity contribution in [3.05, 3.63) is 89.3 Å². The van der Waals surface area contributed by atoms with E-state index in [2.05, 4.69) is 15.0 Å². The lowest BCUT2D eigenvalue weighted by molar-refractivity contribution is -0.160. The zero-order chi connectivity index (χ0) is 23.7. The van der Waals surface area contributed by atoms with E-state index in [1.807, 2.05) is 61.2 Å². The van der Waals surface area contributed by atoms with Gasteiger partial charge in [-0.2, -0.15) is 0 Å². The average Bonchev–Trinajstić information content (AvgIpc) is 3.12. The van der Waals surface area contributed by atoms with Crippen molar-refractivity contribution in [1.82, 2.24) is 24.8 Å². The summed E-state index contributed by atoms with van der Waals surface area (Å²) in [5.41, 5.74) is 2.72. The number of carbonyl (C=O) groups excluding carboxylic acids is 2. The third kappa shape index (κ3) is 3.84. The molecule has 2 unspecified atom stereocenters. The first-order valence-corrected chi connectivity index (χ1v) is 11.4. The number of ether oxygens (including phenoxy) is 1. The smallest absolute Gasteiger partial charge is 0.273 e. The summed E-state index contributed by atoms with van der Waals surface area (Å²) in [5.74, 6) is -0.504. The number of aromatic nitrogens is 3. The molecule has 2 aliphatic rings. The van der Waals surface area contributed by atoms with E-state index in [9.17, 15) is 9.59 Å². The lowest BCUT2D eigenvalue weighted by atomic mass is 9.83. The van der Waals surface area contributed by atoms with Gasteiger partial charge in [-0.05, 0) is 31.0 Å². The molecule has 8 nitrogen and oxygen atoms in total. The predicted octanol–water partition coefficient (Wildman–Crippen LogP) is 2.53. The van der Waals surface area contributed by atoms with Gasteiger partial charge in [-0.15, -0.1) is 0 Å². The number of rotatable bonds is 4. The summed E-state index contributed by atoms with van der Waals surface area (Å²) in [7, 11) is 0. The second-order valence-corrected chi connectivity index (χ2v) is 8.91. The molecule has 4 heterocycles. The molecule has 1 aromatic carbocycles. The van der Waals surface area contributed by atoms with Crippen LogP contribution in [0.3, 0.4) is 0 Å². The molecule has 8 heteroatoms. The Labute approximate surface area is 198 Å². The van der Waals surface area contributed by atoms with E-state index in [0.29, 0.717) is 25.3 Å². The number of nitrogens with zero attached hydrogens (tertiary/aromatic N) is 5. The summed E-state index contributed by atoms with van der Waals surface area (Å²) in [6.45, 7) is 5.52. The second kappa shape index (κ2) is 8.95. The van der Waals surface area contributed by atoms with Gasteiger partial charge in [0.1, 0.15) is 12.0 Å². The molecular weight excluding hydrogens is 430 g/mol. The van der Waals surface area contributed by atoms with Gasteiger partial charge < -0.3 is 14.5 Å². The molecule has 34 heavy (non-hydrogen) atoms. The molecule has 2 aliphatic heterocycles. The average molecular weight is 458 g/mol. The number of amides is 2. The number of aryl methyl sites for hydroxylation is 1. The number of hydrogen-bond acceptors (Lipinski definition) is 6. The highest BCUT2D eigenvalue weighted by Crippen LogP contribution is 2.42. The SMILES string of the molecule is Cc1ncnc(C(=O)N2CCOC3(C2)C(=O)N(Cc2cccnc2)CC3c2ccccc2)c1C. The summed E-state index contributed by atoms with van der Waals surface area (Å²) in [6.07, 6.45) is 4.90. The molecule has 2 atom stereocenters. The van der Waals surface area contributed by atoms with Crippen LogP contribution in [0.4, 0.5) is 0 Å². The van der Waals surface area contributed by atoms with Crippen molar-refractivity contribution in [3.63, 3.8) is 0 Å². The van der Waals surface area contributed by atoms with E-state index >= 15 is 0 Å². The maximum atomic E-state index is 13.9. The quantitative estimate of drug-likeness (QED) is 0.598. The number of hydrogen-bond donors (Lipinski definition) is 0. The Morgan fingerprint density at radius 1 is 1.15 bits per heavy atom. The van der Waals surface area contributed by atoms with E-state index in [-0.39, 0.29) is 30.9 Å². The molecular formula is C26H27N5O3. The molecule has 3 aromatic rings. The van der Waals surface area contributed by atoms with Crippen LogP contribution in [0.25, 0.3) is 0 Å². The molecule has 0 aliphatic carbocycles. The highest BCUT2D eigenvalue weighted by molar-refractivity contribution is 5.96. The van der Waals surface area contributed by atoms with E-state index < -0.39 is 5.60 Å². The van der Waals surface area contributed by atoms with E-state index in [0.717, 1.165) is 22.4 Å². The van der Waals surface area contributed by atoms with Gasteiger partial charge in [-0.3, -0.25) is 14.6 Å². The van der Waals surface area contributed by atoms with E-state index in [4.69, 9.17) is 4.74 Å². The summed E-state index contributed by atoms with van der Waals surface area (Å²) in [4.78, 5) is 43.5. The highest BCUT2D eigenvalue weighted by atomic mass is 16.5. The number of morpholine rings is 1. The van der Waals surface area contributed by atoms with Crippen molar-refractivity contribution in [1.29, 1.82) is 0 Å². The van der Waals surface area contributed by atoms with Crippen LogP contribution in [0, 0.1) is 13.8 Å². The molecule has 2 amide bonds. The van der Waals surface area contributed by atoms with Gasteiger partial charge in [-0.1, -0.05) is 36.4 Å². The Morgan fingerprint density at radius 3 is 2.74 bits per heavy atom. The van der Waals surface area contributed by atoms with Crippen LogP contribution in [0.5, 0.6) is 0 Å². The van der Waals surface area contributed by atoms with Crippen molar-refractivity contribution in [3.8, 4) is 0 Å². The Hall–Kier alpha value is -3.65. The first-order chi connectivity index (χ1) is 16.5. The first kappa shape index (κ1) is 22.2. The number of carbonyl (C=O) groups is 2. The van der Waals surface area contributed by atoms with Gasteiger partial charge in [0.2, 0.25) is 0 Å². The monoisotopic (exact) mass is 457 g/mol. The maximum Gasteiger partial charge on any atom is 0.273 e. The minimum absolute atomic E-state index is 0.0988. The Bertz CT molecular complexity index is 1200. The molecule has 1 spiro atoms. The first-order valence-electron chi connectivity index (χ1n) is 11.4. The molecule has 2 saturated heterocycles. The topological polar surface area (TPSA) is 88.5 Å². The standard InChI is InChI=1S/C26H27N5O3/c1-18-19(2)28-17-29-23(18)24(32)30-11-12-34-26(16-30)22(21-8-4-3-5-9-21)15-31(25(26)33)14-20-7-6-10-27-13-20/h3-10,13,17,22H,11-12,14-16H2,1-2H3. The van der Waals surface area contributed by atoms with Gasteiger partial charge in [0.15, 0.2) is 5.60 Å².